The minimum absolute atomic E-state index is 0.0179. The van der Waals surface area contributed by atoms with Crippen LogP contribution in [0.2, 0.25) is 0 Å². The lowest BCUT2D eigenvalue weighted by molar-refractivity contribution is -0.249. The molecule has 0 heterocycles. The lowest BCUT2D eigenvalue weighted by Gasteiger charge is -2.73. The Bertz CT molecular complexity index is 1290. The van der Waals surface area contributed by atoms with E-state index in [4.69, 9.17) is 9.47 Å². The average molecular weight is 603 g/mol. The van der Waals surface area contributed by atoms with Gasteiger partial charge in [0.05, 0.1) is 19.8 Å². The smallest absolute Gasteiger partial charge is 0.330 e. The van der Waals surface area contributed by atoms with Crippen LogP contribution in [0.25, 0.3) is 6.08 Å². The molecule has 5 aliphatic rings. The van der Waals surface area contributed by atoms with Crippen molar-refractivity contribution in [1.29, 1.82) is 0 Å². The Labute approximate surface area is 267 Å². The largest absolute Gasteiger partial charge is 0.497 e. The second-order valence-corrected chi connectivity index (χ2v) is 17.1. The molecule has 5 fully saturated rings. The number of methoxy groups -OCH3 is 1. The number of rotatable bonds is 6. The number of benzene rings is 1. The average Bonchev–Trinajstić information content (AvgIpc) is 3.38. The van der Waals surface area contributed by atoms with Gasteiger partial charge in [0.25, 0.3) is 0 Å². The predicted molar refractivity (Wildman–Crippen MR) is 178 cm³/mol. The van der Waals surface area contributed by atoms with Gasteiger partial charge in [0.1, 0.15) is 5.75 Å². The van der Waals surface area contributed by atoms with Gasteiger partial charge in [0.2, 0.25) is 0 Å². The highest BCUT2D eigenvalue weighted by Crippen LogP contribution is 2.77. The topological polar surface area (TPSA) is 55.8 Å². The van der Waals surface area contributed by atoms with E-state index < -0.39 is 0 Å². The first kappa shape index (κ1) is 31.9. The van der Waals surface area contributed by atoms with Crippen molar-refractivity contribution in [3.8, 4) is 5.75 Å². The summed E-state index contributed by atoms with van der Waals surface area (Å²) in [6.07, 6.45) is 15.0. The summed E-state index contributed by atoms with van der Waals surface area (Å²) in [6, 6.07) is 7.72. The maximum Gasteiger partial charge on any atom is 0.330 e. The summed E-state index contributed by atoms with van der Waals surface area (Å²) in [4.78, 5) is 13.0. The number of esters is 1. The molecule has 0 aliphatic heterocycles. The normalized spacial score (nSPS) is 44.2. The zero-order valence-corrected chi connectivity index (χ0v) is 28.6. The Hall–Kier alpha value is -2.07. The van der Waals surface area contributed by atoms with Gasteiger partial charge in [0.15, 0.2) is 0 Å². The highest BCUT2D eigenvalue weighted by atomic mass is 16.5. The second kappa shape index (κ2) is 11.0. The number of aliphatic hydroxyl groups is 1. The van der Waals surface area contributed by atoms with Crippen LogP contribution in [0.4, 0.5) is 0 Å². The molecule has 44 heavy (non-hydrogen) atoms. The lowest BCUT2D eigenvalue weighted by Crippen LogP contribution is -2.66. The highest BCUT2D eigenvalue weighted by molar-refractivity contribution is 5.87. The maximum absolute atomic E-state index is 13.0. The van der Waals surface area contributed by atoms with E-state index in [0.717, 1.165) is 43.4 Å². The van der Waals surface area contributed by atoms with Crippen LogP contribution < -0.4 is 4.74 Å². The van der Waals surface area contributed by atoms with Crippen LogP contribution in [0.3, 0.4) is 0 Å². The summed E-state index contributed by atoms with van der Waals surface area (Å²) in [5.41, 5.74) is 3.13. The molecule has 0 spiro atoms. The summed E-state index contributed by atoms with van der Waals surface area (Å²) < 4.78 is 11.4. The van der Waals surface area contributed by atoms with Crippen LogP contribution in [0.1, 0.15) is 111 Å². The Morgan fingerprint density at radius 1 is 0.909 bits per heavy atom. The highest BCUT2D eigenvalue weighted by Gasteiger charge is 2.71. The monoisotopic (exact) mass is 602 g/mol. The first-order valence-corrected chi connectivity index (χ1v) is 17.5. The van der Waals surface area contributed by atoms with E-state index >= 15 is 0 Å². The Balaban J connectivity index is 1.25. The fourth-order valence-electron chi connectivity index (χ4n) is 12.7. The van der Waals surface area contributed by atoms with Crippen molar-refractivity contribution in [3.63, 3.8) is 0 Å². The van der Waals surface area contributed by atoms with Crippen molar-refractivity contribution in [1.82, 2.24) is 0 Å². The molecule has 0 saturated heterocycles. The van der Waals surface area contributed by atoms with Crippen molar-refractivity contribution in [2.24, 2.45) is 56.7 Å². The van der Waals surface area contributed by atoms with Gasteiger partial charge in [-0.2, -0.15) is 0 Å². The molecule has 0 unspecified atom stereocenters. The number of carbonyl (C=O) groups is 1. The fourth-order valence-corrected chi connectivity index (χ4v) is 12.7. The van der Waals surface area contributed by atoms with Crippen LogP contribution in [0, 0.1) is 56.7 Å². The number of hydrogen-bond donors (Lipinski definition) is 1. The van der Waals surface area contributed by atoms with Gasteiger partial charge in [-0.1, -0.05) is 58.9 Å². The third-order valence-corrected chi connectivity index (χ3v) is 15.2. The van der Waals surface area contributed by atoms with Crippen LogP contribution in [0.15, 0.2) is 42.5 Å². The number of allylic oxidation sites excluding steroid dienone is 1. The maximum atomic E-state index is 13.0. The second-order valence-electron chi connectivity index (χ2n) is 17.1. The van der Waals surface area contributed by atoms with E-state index in [1.54, 1.807) is 13.2 Å². The Kier molecular flexibility index (Phi) is 7.99. The first-order valence-electron chi connectivity index (χ1n) is 17.5. The number of hydrogen-bond acceptors (Lipinski definition) is 4. The molecular formula is C40H58O4. The van der Waals surface area contributed by atoms with Gasteiger partial charge in [0, 0.05) is 11.5 Å². The molecule has 6 rings (SSSR count). The van der Waals surface area contributed by atoms with Gasteiger partial charge >= 0.3 is 5.97 Å². The summed E-state index contributed by atoms with van der Waals surface area (Å²) >= 11 is 0. The summed E-state index contributed by atoms with van der Waals surface area (Å²) in [5, 5.41) is 11.0. The van der Waals surface area contributed by atoms with Crippen molar-refractivity contribution in [2.45, 2.75) is 112 Å². The van der Waals surface area contributed by atoms with E-state index in [1.165, 1.54) is 37.7 Å². The van der Waals surface area contributed by atoms with E-state index in [9.17, 15) is 9.90 Å². The predicted octanol–water partition coefficient (Wildman–Crippen LogP) is 9.27. The van der Waals surface area contributed by atoms with Crippen molar-refractivity contribution in [3.05, 3.63) is 48.1 Å². The van der Waals surface area contributed by atoms with Crippen LogP contribution in [-0.4, -0.2) is 30.9 Å². The molecule has 5 saturated carbocycles. The third kappa shape index (κ3) is 4.66. The van der Waals surface area contributed by atoms with Crippen LogP contribution in [0.5, 0.6) is 5.75 Å². The molecule has 0 radical (unpaired) electrons. The SMILES string of the molecule is C=C(C)[C@@H]1CC[C@]2(COC(=O)/C=C/c3ccc(OC)cc3)CC[C@]3(C)[C@H](CC[C@@H]4[C@]5(C)CC[C@H](O)C(C)(C)[C@@H]5CC[C@]43C)[C@H]12. The third-order valence-electron chi connectivity index (χ3n) is 15.2. The minimum Gasteiger partial charge on any atom is -0.497 e. The summed E-state index contributed by atoms with van der Waals surface area (Å²) in [5.74, 6) is 3.48. The van der Waals surface area contributed by atoms with Gasteiger partial charge in [-0.3, -0.25) is 0 Å². The molecule has 4 heteroatoms. The van der Waals surface area contributed by atoms with Crippen molar-refractivity contribution >= 4 is 12.0 Å². The summed E-state index contributed by atoms with van der Waals surface area (Å²) in [6.45, 7) is 19.9. The zero-order chi connectivity index (χ0) is 31.7. The van der Waals surface area contributed by atoms with Gasteiger partial charge < -0.3 is 14.6 Å². The number of fused-ring (bicyclic) bond motifs is 7. The molecule has 0 amide bonds. The minimum atomic E-state index is -0.245. The van der Waals surface area contributed by atoms with Gasteiger partial charge in [-0.25, -0.2) is 4.79 Å². The van der Waals surface area contributed by atoms with Crippen molar-refractivity contribution < 1.29 is 19.4 Å². The molecule has 4 nitrogen and oxygen atoms in total. The molecule has 5 aliphatic carbocycles. The standard InChI is InChI=1S/C40H58O4/c1-26(2)29-17-22-40(25-44-34(42)16-11-27-9-12-28(43-8)13-10-27)24-23-38(6)30(35(29)40)14-15-32-37(5)20-19-33(41)36(3,4)31(37)18-21-39(32,38)7/h9-13,16,29-33,35,41H,1,14-15,17-25H2,2-8H3/b16-11+/t29-,30+,31-,32+,33-,35-,37+,38+,39+,40+/m0/s1. The first-order chi connectivity index (χ1) is 20.7. The van der Waals surface area contributed by atoms with E-state index in [2.05, 4.69) is 48.1 Å². The van der Waals surface area contributed by atoms with Crippen LogP contribution >= 0.6 is 0 Å². The Morgan fingerprint density at radius 2 is 1.64 bits per heavy atom. The zero-order valence-electron chi connectivity index (χ0n) is 28.6. The van der Waals surface area contributed by atoms with Crippen LogP contribution in [-0.2, 0) is 9.53 Å². The van der Waals surface area contributed by atoms with E-state index in [-0.39, 0.29) is 39.1 Å². The summed E-state index contributed by atoms with van der Waals surface area (Å²) in [7, 11) is 1.66. The molecule has 0 bridgehead atoms. The molecular weight excluding hydrogens is 544 g/mol. The molecule has 242 valence electrons. The molecule has 1 N–H and O–H groups in total. The fraction of sp³-hybridized carbons (Fsp3) is 0.725. The number of carbonyl (C=O) groups excluding carboxylic acids is 1. The van der Waals surface area contributed by atoms with E-state index in [1.807, 2.05) is 30.3 Å². The van der Waals surface area contributed by atoms with Gasteiger partial charge in [-0.15, -0.1) is 0 Å². The number of aliphatic hydroxyl groups excluding tert-OH is 1. The molecule has 0 aromatic heterocycles. The molecule has 10 atom stereocenters. The molecule has 1 aromatic carbocycles. The number of ether oxygens (including phenoxy) is 2. The lowest BCUT2D eigenvalue weighted by atomic mass is 9.32. The van der Waals surface area contributed by atoms with Gasteiger partial charge in [-0.05, 0) is 146 Å². The van der Waals surface area contributed by atoms with E-state index in [0.29, 0.717) is 36.2 Å². The Morgan fingerprint density at radius 3 is 2.32 bits per heavy atom. The molecule has 1 aromatic rings. The van der Waals surface area contributed by atoms with Crippen molar-refractivity contribution in [2.75, 3.05) is 13.7 Å². The quantitative estimate of drug-likeness (QED) is 0.200.